The summed E-state index contributed by atoms with van der Waals surface area (Å²) in [5.74, 6) is 0.506. The summed E-state index contributed by atoms with van der Waals surface area (Å²) >= 11 is 0. The van der Waals surface area contributed by atoms with E-state index in [-0.39, 0.29) is 11.9 Å². The number of carbonyl (C=O) groups is 1. The van der Waals surface area contributed by atoms with E-state index < -0.39 is 0 Å². The molecule has 1 aliphatic heterocycles. The van der Waals surface area contributed by atoms with E-state index in [0.717, 1.165) is 29.8 Å². The Labute approximate surface area is 103 Å². The van der Waals surface area contributed by atoms with Crippen molar-refractivity contribution in [2.24, 2.45) is 5.92 Å². The third kappa shape index (κ3) is 2.50. The van der Waals surface area contributed by atoms with E-state index in [0.29, 0.717) is 5.92 Å². The van der Waals surface area contributed by atoms with E-state index in [2.05, 4.69) is 17.6 Å². The molecule has 3 nitrogen and oxygen atoms in total. The molecule has 2 N–H and O–H groups in total. The van der Waals surface area contributed by atoms with E-state index in [4.69, 9.17) is 0 Å². The van der Waals surface area contributed by atoms with Crippen LogP contribution in [0.5, 0.6) is 0 Å². The smallest absolute Gasteiger partial charge is 0.241 e. The maximum Gasteiger partial charge on any atom is 0.241 e. The second-order valence-corrected chi connectivity index (χ2v) is 4.95. The molecule has 1 aliphatic rings. The van der Waals surface area contributed by atoms with Crippen LogP contribution < -0.4 is 10.6 Å². The fraction of sp³-hybridized carbons (Fsp3) is 0.500. The van der Waals surface area contributed by atoms with Gasteiger partial charge in [0.25, 0.3) is 0 Å². The molecule has 1 saturated heterocycles. The van der Waals surface area contributed by atoms with Crippen LogP contribution in [0.15, 0.2) is 18.2 Å². The van der Waals surface area contributed by atoms with Gasteiger partial charge in [-0.15, -0.1) is 0 Å². The minimum absolute atomic E-state index is 0.0472. The number of hydrogen-bond donors (Lipinski definition) is 2. The van der Waals surface area contributed by atoms with Gasteiger partial charge in [0, 0.05) is 5.69 Å². The lowest BCUT2D eigenvalue weighted by Gasteiger charge is -2.17. The molecule has 2 atom stereocenters. The number of hydrogen-bond acceptors (Lipinski definition) is 2. The van der Waals surface area contributed by atoms with Gasteiger partial charge in [-0.3, -0.25) is 4.79 Å². The summed E-state index contributed by atoms with van der Waals surface area (Å²) in [6.45, 7) is 7.10. The summed E-state index contributed by atoms with van der Waals surface area (Å²) in [6.07, 6.45) is 1.07. The van der Waals surface area contributed by atoms with Crippen LogP contribution in [-0.2, 0) is 4.79 Å². The summed E-state index contributed by atoms with van der Waals surface area (Å²) in [5.41, 5.74) is 3.19. The van der Waals surface area contributed by atoms with Gasteiger partial charge in [0.2, 0.25) is 5.91 Å². The molecule has 0 saturated carbocycles. The zero-order valence-corrected chi connectivity index (χ0v) is 10.7. The molecule has 0 bridgehead atoms. The second-order valence-electron chi connectivity index (χ2n) is 4.95. The van der Waals surface area contributed by atoms with Crippen molar-refractivity contribution < 1.29 is 4.79 Å². The molecule has 92 valence electrons. The molecule has 1 aromatic carbocycles. The van der Waals surface area contributed by atoms with Gasteiger partial charge in [-0.1, -0.05) is 25.1 Å². The Kier molecular flexibility index (Phi) is 3.48. The van der Waals surface area contributed by atoms with Gasteiger partial charge >= 0.3 is 0 Å². The van der Waals surface area contributed by atoms with Gasteiger partial charge in [-0.05, 0) is 43.9 Å². The lowest BCUT2D eigenvalue weighted by Crippen LogP contribution is -2.39. The predicted octanol–water partition coefficient (Wildman–Crippen LogP) is 2.24. The van der Waals surface area contributed by atoms with Crippen molar-refractivity contribution in [1.82, 2.24) is 5.32 Å². The molecule has 0 spiro atoms. The Morgan fingerprint density at radius 2 is 2.00 bits per heavy atom. The van der Waals surface area contributed by atoms with Crippen molar-refractivity contribution in [3.63, 3.8) is 0 Å². The largest absolute Gasteiger partial charge is 0.324 e. The molecule has 2 rings (SSSR count). The molecule has 1 amide bonds. The topological polar surface area (TPSA) is 41.1 Å². The van der Waals surface area contributed by atoms with E-state index in [1.165, 1.54) is 0 Å². The van der Waals surface area contributed by atoms with Crippen molar-refractivity contribution in [2.45, 2.75) is 33.2 Å². The SMILES string of the molecule is Cc1cccc(C)c1NC(=O)C1NCCC1C. The number of carbonyl (C=O) groups excluding carboxylic acids is 1. The van der Waals surface area contributed by atoms with E-state index in [1.54, 1.807) is 0 Å². The molecular weight excluding hydrogens is 212 g/mol. The lowest BCUT2D eigenvalue weighted by molar-refractivity contribution is -0.118. The summed E-state index contributed by atoms with van der Waals surface area (Å²) in [6, 6.07) is 6.01. The fourth-order valence-electron chi connectivity index (χ4n) is 2.40. The van der Waals surface area contributed by atoms with Crippen LogP contribution >= 0.6 is 0 Å². The highest BCUT2D eigenvalue weighted by Crippen LogP contribution is 2.21. The molecule has 0 aliphatic carbocycles. The number of nitrogens with one attached hydrogen (secondary N) is 2. The molecule has 0 aromatic heterocycles. The number of aryl methyl sites for hydroxylation is 2. The Bertz CT molecular complexity index is 408. The minimum Gasteiger partial charge on any atom is -0.324 e. The molecule has 1 heterocycles. The van der Waals surface area contributed by atoms with Crippen molar-refractivity contribution in [2.75, 3.05) is 11.9 Å². The molecule has 1 aromatic rings. The highest BCUT2D eigenvalue weighted by molar-refractivity contribution is 5.96. The van der Waals surface area contributed by atoms with Crippen LogP contribution in [0.1, 0.15) is 24.5 Å². The van der Waals surface area contributed by atoms with Crippen LogP contribution in [0.25, 0.3) is 0 Å². The zero-order chi connectivity index (χ0) is 12.4. The van der Waals surface area contributed by atoms with Gasteiger partial charge in [0.05, 0.1) is 6.04 Å². The first kappa shape index (κ1) is 12.1. The highest BCUT2D eigenvalue weighted by atomic mass is 16.2. The average Bonchev–Trinajstić information content (AvgIpc) is 2.70. The maximum atomic E-state index is 12.2. The third-order valence-electron chi connectivity index (χ3n) is 3.54. The van der Waals surface area contributed by atoms with Gasteiger partial charge in [0.15, 0.2) is 0 Å². The van der Waals surface area contributed by atoms with Gasteiger partial charge in [-0.25, -0.2) is 0 Å². The van der Waals surface area contributed by atoms with Gasteiger partial charge in [0.1, 0.15) is 0 Å². The van der Waals surface area contributed by atoms with Gasteiger partial charge < -0.3 is 10.6 Å². The monoisotopic (exact) mass is 232 g/mol. The molecule has 2 unspecified atom stereocenters. The van der Waals surface area contributed by atoms with Crippen molar-refractivity contribution >= 4 is 11.6 Å². The van der Waals surface area contributed by atoms with Crippen LogP contribution in [0.4, 0.5) is 5.69 Å². The molecular formula is C14H20N2O. The number of para-hydroxylation sites is 1. The normalized spacial score (nSPS) is 23.7. The Morgan fingerprint density at radius 1 is 1.35 bits per heavy atom. The summed E-state index contributed by atoms with van der Waals surface area (Å²) in [7, 11) is 0. The van der Waals surface area contributed by atoms with Crippen molar-refractivity contribution in [3.8, 4) is 0 Å². The quantitative estimate of drug-likeness (QED) is 0.821. The van der Waals surface area contributed by atoms with Crippen molar-refractivity contribution in [1.29, 1.82) is 0 Å². The molecule has 3 heteroatoms. The summed E-state index contributed by atoms with van der Waals surface area (Å²) < 4.78 is 0. The third-order valence-corrected chi connectivity index (χ3v) is 3.54. The summed E-state index contributed by atoms with van der Waals surface area (Å²) in [4.78, 5) is 12.2. The molecule has 17 heavy (non-hydrogen) atoms. The van der Waals surface area contributed by atoms with E-state index >= 15 is 0 Å². The zero-order valence-electron chi connectivity index (χ0n) is 10.7. The lowest BCUT2D eigenvalue weighted by atomic mass is 10.0. The Hall–Kier alpha value is -1.35. The van der Waals surface area contributed by atoms with E-state index in [1.807, 2.05) is 32.0 Å². The second kappa shape index (κ2) is 4.88. The molecule has 0 radical (unpaired) electrons. The first-order chi connectivity index (χ1) is 8.09. The van der Waals surface area contributed by atoms with Gasteiger partial charge in [-0.2, -0.15) is 0 Å². The van der Waals surface area contributed by atoms with Crippen LogP contribution in [0, 0.1) is 19.8 Å². The predicted molar refractivity (Wildman–Crippen MR) is 70.1 cm³/mol. The number of anilines is 1. The number of amides is 1. The number of benzene rings is 1. The molecule has 1 fully saturated rings. The first-order valence-electron chi connectivity index (χ1n) is 6.20. The van der Waals surface area contributed by atoms with Crippen LogP contribution in [0.3, 0.4) is 0 Å². The summed E-state index contributed by atoms with van der Waals surface area (Å²) in [5, 5.41) is 6.30. The maximum absolute atomic E-state index is 12.2. The van der Waals surface area contributed by atoms with Crippen LogP contribution in [-0.4, -0.2) is 18.5 Å². The number of rotatable bonds is 2. The first-order valence-corrected chi connectivity index (χ1v) is 6.20. The standard InChI is InChI=1S/C14H20N2O/c1-9-5-4-6-10(2)12(9)16-14(17)13-11(3)7-8-15-13/h4-6,11,13,15H,7-8H2,1-3H3,(H,16,17). The Morgan fingerprint density at radius 3 is 2.53 bits per heavy atom. The fourth-order valence-corrected chi connectivity index (χ4v) is 2.40. The Balaban J connectivity index is 2.13. The van der Waals surface area contributed by atoms with E-state index in [9.17, 15) is 4.79 Å². The van der Waals surface area contributed by atoms with Crippen molar-refractivity contribution in [3.05, 3.63) is 29.3 Å². The average molecular weight is 232 g/mol. The minimum atomic E-state index is -0.0472. The van der Waals surface area contributed by atoms with Crippen LogP contribution in [0.2, 0.25) is 0 Å². The highest BCUT2D eigenvalue weighted by Gasteiger charge is 2.29.